The van der Waals surface area contributed by atoms with Gasteiger partial charge in [-0.25, -0.2) is 9.87 Å². The van der Waals surface area contributed by atoms with E-state index < -0.39 is 5.91 Å². The molecule has 0 fully saturated rings. The summed E-state index contributed by atoms with van der Waals surface area (Å²) in [4.78, 5) is 10.6. The molecule has 4 nitrogen and oxygen atoms in total. The van der Waals surface area contributed by atoms with E-state index in [0.717, 1.165) is 0 Å². The Morgan fingerprint density at radius 2 is 2.29 bits per heavy atom. The van der Waals surface area contributed by atoms with E-state index in [-0.39, 0.29) is 12.4 Å². The molecule has 1 rings (SSSR count). The first-order valence-corrected chi connectivity index (χ1v) is 4.06. The van der Waals surface area contributed by atoms with E-state index in [9.17, 15) is 9.18 Å². The highest BCUT2D eigenvalue weighted by molar-refractivity contribution is 5.79. The maximum atomic E-state index is 12.8. The van der Waals surface area contributed by atoms with Gasteiger partial charge in [-0.15, -0.1) is 0 Å². The zero-order valence-corrected chi connectivity index (χ0v) is 7.67. The van der Waals surface area contributed by atoms with Crippen molar-refractivity contribution in [2.45, 2.75) is 6.92 Å². The monoisotopic (exact) mass is 198 g/mol. The standard InChI is InChI=1S/C9H11FN2O2/c1-6-4-7(2-3-8(6)10)11-5-9(13)12-14/h2-4,11,14H,5H2,1H3,(H,12,13). The van der Waals surface area contributed by atoms with Crippen LogP contribution in [0.15, 0.2) is 18.2 Å². The number of carbonyl (C=O) groups is 1. The zero-order chi connectivity index (χ0) is 10.6. The highest BCUT2D eigenvalue weighted by Gasteiger charge is 2.01. The van der Waals surface area contributed by atoms with Crippen molar-refractivity contribution < 1.29 is 14.4 Å². The summed E-state index contributed by atoms with van der Waals surface area (Å²) in [6, 6.07) is 4.42. The Balaban J connectivity index is 2.60. The highest BCUT2D eigenvalue weighted by Crippen LogP contribution is 2.12. The van der Waals surface area contributed by atoms with Gasteiger partial charge in [0.15, 0.2) is 0 Å². The molecule has 0 radical (unpaired) electrons. The number of hydroxylamine groups is 1. The van der Waals surface area contributed by atoms with Gasteiger partial charge in [-0.1, -0.05) is 0 Å². The molecule has 0 spiro atoms. The summed E-state index contributed by atoms with van der Waals surface area (Å²) >= 11 is 0. The summed E-state index contributed by atoms with van der Waals surface area (Å²) in [5.74, 6) is -0.839. The van der Waals surface area contributed by atoms with E-state index in [1.54, 1.807) is 13.0 Å². The predicted molar refractivity (Wildman–Crippen MR) is 49.6 cm³/mol. The maximum absolute atomic E-state index is 12.8. The van der Waals surface area contributed by atoms with Gasteiger partial charge >= 0.3 is 0 Å². The molecule has 3 N–H and O–H groups in total. The second kappa shape index (κ2) is 4.57. The fourth-order valence-electron chi connectivity index (χ4n) is 0.977. The van der Waals surface area contributed by atoms with Crippen LogP contribution in [0.4, 0.5) is 10.1 Å². The largest absolute Gasteiger partial charge is 0.376 e. The lowest BCUT2D eigenvalue weighted by atomic mass is 10.2. The first kappa shape index (κ1) is 10.5. The van der Waals surface area contributed by atoms with Crippen LogP contribution >= 0.6 is 0 Å². The Hall–Kier alpha value is -1.62. The predicted octanol–water partition coefficient (Wildman–Crippen LogP) is 1.05. The van der Waals surface area contributed by atoms with Crippen LogP contribution in [0, 0.1) is 12.7 Å². The molecule has 0 heterocycles. The molecule has 76 valence electrons. The Labute approximate surface area is 80.7 Å². The first-order valence-electron chi connectivity index (χ1n) is 4.06. The molecule has 0 aliphatic rings. The summed E-state index contributed by atoms with van der Waals surface area (Å²) in [6.45, 7) is 1.58. The van der Waals surface area contributed by atoms with Crippen molar-refractivity contribution in [3.63, 3.8) is 0 Å². The molecule has 14 heavy (non-hydrogen) atoms. The van der Waals surface area contributed by atoms with Crippen molar-refractivity contribution in [1.29, 1.82) is 0 Å². The van der Waals surface area contributed by atoms with Crippen LogP contribution in [0.5, 0.6) is 0 Å². The summed E-state index contributed by atoms with van der Waals surface area (Å²) < 4.78 is 12.8. The molecule has 0 saturated carbocycles. The number of carbonyl (C=O) groups excluding carboxylic acids is 1. The van der Waals surface area contributed by atoms with Gasteiger partial charge in [0.05, 0.1) is 6.54 Å². The topological polar surface area (TPSA) is 61.4 Å². The molecule has 0 aromatic heterocycles. The number of anilines is 1. The SMILES string of the molecule is Cc1cc(NCC(=O)NO)ccc1F. The molecule has 5 heteroatoms. The number of aryl methyl sites for hydroxylation is 1. The number of rotatable bonds is 3. The molecule has 0 aliphatic heterocycles. The molecule has 0 unspecified atom stereocenters. The van der Waals surface area contributed by atoms with Crippen LogP contribution in [0.1, 0.15) is 5.56 Å². The smallest absolute Gasteiger partial charge is 0.262 e. The minimum atomic E-state index is -0.549. The van der Waals surface area contributed by atoms with Crippen molar-refractivity contribution >= 4 is 11.6 Å². The minimum absolute atomic E-state index is 0.0540. The van der Waals surface area contributed by atoms with Crippen molar-refractivity contribution in [2.75, 3.05) is 11.9 Å². The highest BCUT2D eigenvalue weighted by atomic mass is 19.1. The maximum Gasteiger partial charge on any atom is 0.262 e. The lowest BCUT2D eigenvalue weighted by molar-refractivity contribution is -0.127. The van der Waals surface area contributed by atoms with Crippen LogP contribution < -0.4 is 10.8 Å². The van der Waals surface area contributed by atoms with E-state index >= 15 is 0 Å². The van der Waals surface area contributed by atoms with Gasteiger partial charge in [0, 0.05) is 5.69 Å². The Bertz CT molecular complexity index is 342. The van der Waals surface area contributed by atoms with Crippen LogP contribution in [0.2, 0.25) is 0 Å². The second-order valence-electron chi connectivity index (χ2n) is 2.85. The molecule has 0 atom stereocenters. The van der Waals surface area contributed by atoms with Crippen LogP contribution in [0.3, 0.4) is 0 Å². The van der Waals surface area contributed by atoms with Gasteiger partial charge < -0.3 is 5.32 Å². The summed E-state index contributed by atoms with van der Waals surface area (Å²) in [7, 11) is 0. The van der Waals surface area contributed by atoms with E-state index in [0.29, 0.717) is 11.3 Å². The zero-order valence-electron chi connectivity index (χ0n) is 7.67. The number of nitrogens with one attached hydrogen (secondary N) is 2. The van der Waals surface area contributed by atoms with Crippen LogP contribution in [0.25, 0.3) is 0 Å². The summed E-state index contributed by atoms with van der Waals surface area (Å²) in [6.07, 6.45) is 0. The van der Waals surface area contributed by atoms with Gasteiger partial charge in [-0.2, -0.15) is 0 Å². The fraction of sp³-hybridized carbons (Fsp3) is 0.222. The van der Waals surface area contributed by atoms with Gasteiger partial charge in [0.2, 0.25) is 0 Å². The van der Waals surface area contributed by atoms with E-state index in [1.165, 1.54) is 17.6 Å². The number of halogens is 1. The molecule has 1 aromatic carbocycles. The van der Waals surface area contributed by atoms with Gasteiger partial charge in [0.25, 0.3) is 5.91 Å². The molecule has 1 amide bonds. The summed E-state index contributed by atoms with van der Waals surface area (Å²) in [5, 5.41) is 10.9. The van der Waals surface area contributed by atoms with Crippen LogP contribution in [-0.4, -0.2) is 17.7 Å². The third-order valence-electron chi connectivity index (χ3n) is 1.74. The molecular weight excluding hydrogens is 187 g/mol. The normalized spacial score (nSPS) is 9.64. The van der Waals surface area contributed by atoms with E-state index in [1.807, 2.05) is 0 Å². The Kier molecular flexibility index (Phi) is 3.41. The molecule has 1 aromatic rings. The average Bonchev–Trinajstić information content (AvgIpc) is 2.19. The van der Waals surface area contributed by atoms with Gasteiger partial charge in [-0.05, 0) is 30.7 Å². The van der Waals surface area contributed by atoms with Crippen molar-refractivity contribution in [1.82, 2.24) is 5.48 Å². The van der Waals surface area contributed by atoms with Gasteiger partial charge in [0.1, 0.15) is 5.82 Å². The Morgan fingerprint density at radius 1 is 1.57 bits per heavy atom. The summed E-state index contributed by atoms with van der Waals surface area (Å²) in [5.41, 5.74) is 2.62. The number of hydrogen-bond donors (Lipinski definition) is 3. The van der Waals surface area contributed by atoms with Crippen molar-refractivity contribution in [2.24, 2.45) is 0 Å². The first-order chi connectivity index (χ1) is 6.63. The van der Waals surface area contributed by atoms with Crippen molar-refractivity contribution in [3.8, 4) is 0 Å². The van der Waals surface area contributed by atoms with E-state index in [2.05, 4.69) is 5.32 Å². The lowest BCUT2D eigenvalue weighted by Crippen LogP contribution is -2.26. The quantitative estimate of drug-likeness (QED) is 0.502. The average molecular weight is 198 g/mol. The minimum Gasteiger partial charge on any atom is -0.376 e. The van der Waals surface area contributed by atoms with Crippen LogP contribution in [-0.2, 0) is 4.79 Å². The molecule has 0 bridgehead atoms. The molecular formula is C9H11FN2O2. The van der Waals surface area contributed by atoms with Gasteiger partial charge in [-0.3, -0.25) is 10.0 Å². The Morgan fingerprint density at radius 3 is 2.86 bits per heavy atom. The van der Waals surface area contributed by atoms with E-state index in [4.69, 9.17) is 5.21 Å². The molecule has 0 aliphatic carbocycles. The third kappa shape index (κ3) is 2.70. The lowest BCUT2D eigenvalue weighted by Gasteiger charge is -2.05. The van der Waals surface area contributed by atoms with Crippen molar-refractivity contribution in [3.05, 3.63) is 29.6 Å². The third-order valence-corrected chi connectivity index (χ3v) is 1.74. The fourth-order valence-corrected chi connectivity index (χ4v) is 0.977. The number of benzene rings is 1. The number of hydrogen-bond acceptors (Lipinski definition) is 3. The second-order valence-corrected chi connectivity index (χ2v) is 2.85. The number of amides is 1. The molecule has 0 saturated heterocycles.